The maximum absolute atomic E-state index is 2.47. The Balaban J connectivity index is 1.31. The summed E-state index contributed by atoms with van der Waals surface area (Å²) in [6, 6.07) is 60.0. The highest BCUT2D eigenvalue weighted by atomic mass is 32.1. The number of para-hydroxylation sites is 1. The van der Waals surface area contributed by atoms with Crippen LogP contribution in [0.4, 0.5) is 17.1 Å². The highest BCUT2D eigenvalue weighted by molar-refractivity contribution is 7.26. The van der Waals surface area contributed by atoms with E-state index >= 15 is 0 Å². The van der Waals surface area contributed by atoms with Gasteiger partial charge < -0.3 is 4.90 Å². The van der Waals surface area contributed by atoms with Crippen molar-refractivity contribution in [3.8, 4) is 33.4 Å². The Morgan fingerprint density at radius 2 is 1.04 bits per heavy atom. The van der Waals surface area contributed by atoms with Gasteiger partial charge in [0.1, 0.15) is 0 Å². The number of fused-ring (bicyclic) bond motifs is 6. The molecule has 0 bridgehead atoms. The van der Waals surface area contributed by atoms with Crippen LogP contribution in [0.3, 0.4) is 0 Å². The fourth-order valence-corrected chi connectivity index (χ4v) is 8.76. The normalized spacial score (nSPS) is 13.1. The number of thiophene rings is 1. The van der Waals surface area contributed by atoms with Crippen LogP contribution < -0.4 is 4.90 Å². The van der Waals surface area contributed by atoms with Gasteiger partial charge in [0.15, 0.2) is 0 Å². The highest BCUT2D eigenvalue weighted by Crippen LogP contribution is 2.53. The van der Waals surface area contributed by atoms with E-state index in [1.165, 1.54) is 70.4 Å². The lowest BCUT2D eigenvalue weighted by molar-refractivity contribution is 0.660. The van der Waals surface area contributed by atoms with Crippen molar-refractivity contribution in [3.63, 3.8) is 0 Å². The first-order valence-electron chi connectivity index (χ1n) is 16.3. The third-order valence-electron chi connectivity index (χ3n) is 9.89. The molecule has 1 aromatic heterocycles. The molecule has 1 nitrogen and oxygen atoms in total. The molecule has 0 fully saturated rings. The lowest BCUT2D eigenvalue weighted by Gasteiger charge is -2.29. The minimum absolute atomic E-state index is 0.0732. The summed E-state index contributed by atoms with van der Waals surface area (Å²) in [4.78, 5) is 2.47. The van der Waals surface area contributed by atoms with Crippen molar-refractivity contribution >= 4 is 48.6 Å². The van der Waals surface area contributed by atoms with Crippen LogP contribution in [0.1, 0.15) is 25.0 Å². The molecule has 1 heterocycles. The second-order valence-electron chi connectivity index (χ2n) is 13.0. The van der Waals surface area contributed by atoms with Crippen LogP contribution in [-0.2, 0) is 5.41 Å². The zero-order chi connectivity index (χ0) is 31.5. The largest absolute Gasteiger partial charge is 0.308 e. The first-order chi connectivity index (χ1) is 23.1. The molecule has 2 heteroatoms. The van der Waals surface area contributed by atoms with Gasteiger partial charge in [-0.1, -0.05) is 141 Å². The Labute approximate surface area is 280 Å². The predicted molar refractivity (Wildman–Crippen MR) is 202 cm³/mol. The van der Waals surface area contributed by atoms with Gasteiger partial charge in [-0.25, -0.2) is 0 Å². The van der Waals surface area contributed by atoms with E-state index in [-0.39, 0.29) is 5.41 Å². The van der Waals surface area contributed by atoms with Crippen LogP contribution >= 0.6 is 11.3 Å². The van der Waals surface area contributed by atoms with Gasteiger partial charge in [-0.3, -0.25) is 0 Å². The first kappa shape index (κ1) is 27.8. The SMILES string of the molecule is CC1(C)c2ccccc2-c2ccc(-c3ccc4c(sc5ccccc54)c3N(c3ccccc3)c3ccc(-c4ccccc4)cc3)cc21. The molecule has 8 aromatic rings. The minimum atomic E-state index is -0.0732. The predicted octanol–water partition coefficient (Wildman–Crippen LogP) is 13.2. The van der Waals surface area contributed by atoms with Crippen LogP contribution in [0, 0.1) is 0 Å². The Kier molecular flexibility index (Phi) is 6.41. The van der Waals surface area contributed by atoms with Crippen molar-refractivity contribution in [1.29, 1.82) is 0 Å². The lowest BCUT2D eigenvalue weighted by Crippen LogP contribution is -2.15. The molecule has 0 amide bonds. The van der Waals surface area contributed by atoms with Gasteiger partial charge in [0, 0.05) is 37.8 Å². The molecule has 0 spiro atoms. The third kappa shape index (κ3) is 4.44. The lowest BCUT2D eigenvalue weighted by atomic mass is 9.81. The Morgan fingerprint density at radius 1 is 0.447 bits per heavy atom. The second kappa shape index (κ2) is 10.8. The van der Waals surface area contributed by atoms with Crippen molar-refractivity contribution in [3.05, 3.63) is 175 Å². The van der Waals surface area contributed by atoms with Gasteiger partial charge in [-0.2, -0.15) is 0 Å². The summed E-state index contributed by atoms with van der Waals surface area (Å²) in [5, 5.41) is 2.60. The molecule has 47 heavy (non-hydrogen) atoms. The summed E-state index contributed by atoms with van der Waals surface area (Å²) >= 11 is 1.89. The van der Waals surface area contributed by atoms with Crippen LogP contribution in [0.5, 0.6) is 0 Å². The van der Waals surface area contributed by atoms with Gasteiger partial charge >= 0.3 is 0 Å². The number of hydrogen-bond acceptors (Lipinski definition) is 2. The van der Waals surface area contributed by atoms with Gasteiger partial charge in [0.25, 0.3) is 0 Å². The quantitative estimate of drug-likeness (QED) is 0.185. The fraction of sp³-hybridized carbons (Fsp3) is 0.0667. The number of anilines is 3. The molecule has 1 aliphatic carbocycles. The molecule has 1 aliphatic rings. The second-order valence-corrected chi connectivity index (χ2v) is 14.0. The van der Waals surface area contributed by atoms with Crippen molar-refractivity contribution in [2.75, 3.05) is 4.90 Å². The van der Waals surface area contributed by atoms with E-state index in [0.717, 1.165) is 11.4 Å². The zero-order valence-electron chi connectivity index (χ0n) is 26.4. The maximum atomic E-state index is 2.47. The smallest absolute Gasteiger partial charge is 0.0718 e. The molecule has 0 saturated heterocycles. The molecule has 0 saturated carbocycles. The number of benzene rings is 7. The monoisotopic (exact) mass is 619 g/mol. The van der Waals surface area contributed by atoms with Gasteiger partial charge in [0.2, 0.25) is 0 Å². The van der Waals surface area contributed by atoms with E-state index in [0.29, 0.717) is 0 Å². The van der Waals surface area contributed by atoms with Crippen LogP contribution in [0.2, 0.25) is 0 Å². The Hall–Kier alpha value is -5.44. The summed E-state index contributed by atoms with van der Waals surface area (Å²) < 4.78 is 2.60. The van der Waals surface area contributed by atoms with Crippen molar-refractivity contribution in [2.45, 2.75) is 19.3 Å². The molecule has 0 radical (unpaired) electrons. The average Bonchev–Trinajstić information content (AvgIpc) is 3.62. The van der Waals surface area contributed by atoms with Gasteiger partial charge in [-0.15, -0.1) is 11.3 Å². The summed E-state index contributed by atoms with van der Waals surface area (Å²) in [6.07, 6.45) is 0. The Morgan fingerprint density at radius 3 is 1.85 bits per heavy atom. The van der Waals surface area contributed by atoms with E-state index in [1.807, 2.05) is 11.3 Å². The van der Waals surface area contributed by atoms with Gasteiger partial charge in [0.05, 0.1) is 10.4 Å². The van der Waals surface area contributed by atoms with Crippen molar-refractivity contribution in [1.82, 2.24) is 0 Å². The topological polar surface area (TPSA) is 3.24 Å². The van der Waals surface area contributed by atoms with Crippen molar-refractivity contribution < 1.29 is 0 Å². The van der Waals surface area contributed by atoms with Crippen LogP contribution in [-0.4, -0.2) is 0 Å². The summed E-state index contributed by atoms with van der Waals surface area (Å²) in [7, 11) is 0. The average molecular weight is 620 g/mol. The molecule has 7 aromatic carbocycles. The van der Waals surface area contributed by atoms with Crippen molar-refractivity contribution in [2.24, 2.45) is 0 Å². The van der Waals surface area contributed by atoms with E-state index in [4.69, 9.17) is 0 Å². The number of hydrogen-bond donors (Lipinski definition) is 0. The minimum Gasteiger partial charge on any atom is -0.308 e. The van der Waals surface area contributed by atoms with E-state index in [2.05, 4.69) is 183 Å². The summed E-state index contributed by atoms with van der Waals surface area (Å²) in [5.74, 6) is 0. The third-order valence-corrected chi connectivity index (χ3v) is 11.1. The highest BCUT2D eigenvalue weighted by Gasteiger charge is 2.35. The molecule has 224 valence electrons. The van der Waals surface area contributed by atoms with Crippen LogP contribution in [0.25, 0.3) is 53.6 Å². The Bertz CT molecular complexity index is 2420. The molecule has 0 N–H and O–H groups in total. The molecular weight excluding hydrogens is 587 g/mol. The fourth-order valence-electron chi connectivity index (χ4n) is 7.52. The summed E-state index contributed by atoms with van der Waals surface area (Å²) in [6.45, 7) is 4.73. The standard InChI is InChI=1S/C45H33NS/c1-45(2)40-19-11-9-17-36(40)37-26-23-32(29-41(37)45)35-27-28-39-38-18-10-12-20-42(38)47-44(39)43(35)46(33-15-7-4-8-16-33)34-24-21-31(22-25-34)30-13-5-3-6-14-30/h3-29H,1-2H3. The number of rotatable bonds is 5. The maximum Gasteiger partial charge on any atom is 0.0718 e. The first-order valence-corrected chi connectivity index (χ1v) is 17.1. The summed E-state index contributed by atoms with van der Waals surface area (Å²) in [5.41, 5.74) is 13.8. The van der Waals surface area contributed by atoms with Gasteiger partial charge in [-0.05, 0) is 75.3 Å². The van der Waals surface area contributed by atoms with E-state index in [1.54, 1.807) is 0 Å². The molecule has 0 aliphatic heterocycles. The van der Waals surface area contributed by atoms with Crippen LogP contribution in [0.15, 0.2) is 164 Å². The molecule has 0 unspecified atom stereocenters. The zero-order valence-corrected chi connectivity index (χ0v) is 27.3. The molecule has 9 rings (SSSR count). The number of nitrogens with zero attached hydrogens (tertiary/aromatic N) is 1. The van der Waals surface area contributed by atoms with E-state index in [9.17, 15) is 0 Å². The molecular formula is C45H33NS. The molecule has 0 atom stereocenters. The van der Waals surface area contributed by atoms with E-state index < -0.39 is 0 Å².